The highest BCUT2D eigenvalue weighted by molar-refractivity contribution is 7.92. The monoisotopic (exact) mass is 373 g/mol. The molecule has 0 aromatic heterocycles. The summed E-state index contributed by atoms with van der Waals surface area (Å²) in [4.78, 5) is 12.3. The van der Waals surface area contributed by atoms with E-state index >= 15 is 0 Å². The number of anilines is 3. The molecule has 1 aliphatic rings. The largest absolute Gasteiger partial charge is 0.384 e. The number of sulfonamides is 1. The standard InChI is InChI=1S/C19H23N3O3S/c1-19(2,3)18(23)21-14-5-4-6-15(11-14)22-26(24,25)16-8-7-13-9-10-20-17(13)12-16/h4-8,11-12,20,22H,9-10H2,1-3H3,(H,21,23). The van der Waals surface area contributed by atoms with Crippen LogP contribution in [0.1, 0.15) is 26.3 Å². The van der Waals surface area contributed by atoms with Crippen molar-refractivity contribution in [2.75, 3.05) is 21.9 Å². The Labute approximate surface area is 154 Å². The summed E-state index contributed by atoms with van der Waals surface area (Å²) in [6.07, 6.45) is 0.901. The lowest BCUT2D eigenvalue weighted by molar-refractivity contribution is -0.123. The van der Waals surface area contributed by atoms with Crippen molar-refractivity contribution in [1.29, 1.82) is 0 Å². The molecule has 1 heterocycles. The van der Waals surface area contributed by atoms with Crippen molar-refractivity contribution in [3.8, 4) is 0 Å². The van der Waals surface area contributed by atoms with Crippen molar-refractivity contribution < 1.29 is 13.2 Å². The smallest absolute Gasteiger partial charge is 0.261 e. The van der Waals surface area contributed by atoms with Gasteiger partial charge in [0, 0.05) is 23.3 Å². The fraction of sp³-hybridized carbons (Fsp3) is 0.316. The number of amides is 1. The number of nitrogens with one attached hydrogen (secondary N) is 3. The van der Waals surface area contributed by atoms with Crippen LogP contribution in [-0.2, 0) is 21.2 Å². The SMILES string of the molecule is CC(C)(C)C(=O)Nc1cccc(NS(=O)(=O)c2ccc3c(c2)NCC3)c1. The first kappa shape index (κ1) is 18.3. The molecule has 0 bridgehead atoms. The Kier molecular flexibility index (Phi) is 4.66. The van der Waals surface area contributed by atoms with Crippen LogP contribution >= 0.6 is 0 Å². The summed E-state index contributed by atoms with van der Waals surface area (Å²) >= 11 is 0. The molecule has 2 aromatic carbocycles. The molecular weight excluding hydrogens is 350 g/mol. The average Bonchev–Trinajstić information content (AvgIpc) is 3.01. The van der Waals surface area contributed by atoms with E-state index < -0.39 is 15.4 Å². The Balaban J connectivity index is 1.80. The van der Waals surface area contributed by atoms with Crippen LogP contribution in [0, 0.1) is 5.41 Å². The maximum atomic E-state index is 12.7. The van der Waals surface area contributed by atoms with Gasteiger partial charge in [-0.05, 0) is 42.3 Å². The molecule has 0 unspecified atom stereocenters. The summed E-state index contributed by atoms with van der Waals surface area (Å²) in [6.45, 7) is 6.27. The number of hydrogen-bond acceptors (Lipinski definition) is 4. The molecule has 1 amide bonds. The summed E-state index contributed by atoms with van der Waals surface area (Å²) in [6, 6.07) is 11.8. The third kappa shape index (κ3) is 3.99. The van der Waals surface area contributed by atoms with Crippen molar-refractivity contribution in [3.05, 3.63) is 48.0 Å². The van der Waals surface area contributed by atoms with Crippen molar-refractivity contribution >= 4 is 33.0 Å². The van der Waals surface area contributed by atoms with Crippen LogP contribution in [0.2, 0.25) is 0 Å². The van der Waals surface area contributed by atoms with Crippen molar-refractivity contribution in [2.45, 2.75) is 32.1 Å². The van der Waals surface area contributed by atoms with Crippen molar-refractivity contribution in [3.63, 3.8) is 0 Å². The molecule has 0 fully saturated rings. The molecule has 3 N–H and O–H groups in total. The molecule has 0 radical (unpaired) electrons. The minimum absolute atomic E-state index is 0.137. The van der Waals surface area contributed by atoms with Crippen molar-refractivity contribution in [1.82, 2.24) is 0 Å². The summed E-state index contributed by atoms with van der Waals surface area (Å²) in [7, 11) is -3.71. The maximum Gasteiger partial charge on any atom is 0.261 e. The summed E-state index contributed by atoms with van der Waals surface area (Å²) in [5.74, 6) is -0.137. The summed E-state index contributed by atoms with van der Waals surface area (Å²) < 4.78 is 27.9. The first-order chi connectivity index (χ1) is 12.1. The van der Waals surface area contributed by atoms with Gasteiger partial charge >= 0.3 is 0 Å². The van der Waals surface area contributed by atoms with E-state index in [-0.39, 0.29) is 10.8 Å². The van der Waals surface area contributed by atoms with Crippen LogP contribution in [0.3, 0.4) is 0 Å². The van der Waals surface area contributed by atoms with E-state index in [2.05, 4.69) is 15.4 Å². The highest BCUT2D eigenvalue weighted by Crippen LogP contribution is 2.27. The number of fused-ring (bicyclic) bond motifs is 1. The van der Waals surface area contributed by atoms with Crippen LogP contribution in [0.5, 0.6) is 0 Å². The zero-order valence-corrected chi connectivity index (χ0v) is 15.9. The zero-order chi connectivity index (χ0) is 18.9. The van der Waals surface area contributed by atoms with Gasteiger partial charge in [-0.1, -0.05) is 32.9 Å². The van der Waals surface area contributed by atoms with Gasteiger partial charge in [-0.25, -0.2) is 8.42 Å². The number of carbonyl (C=O) groups is 1. The molecule has 0 saturated heterocycles. The lowest BCUT2D eigenvalue weighted by Gasteiger charge is -2.18. The summed E-state index contributed by atoms with van der Waals surface area (Å²) in [5.41, 5.74) is 2.38. The van der Waals surface area contributed by atoms with Crippen LogP contribution in [-0.4, -0.2) is 20.9 Å². The molecule has 0 atom stereocenters. The molecule has 2 aromatic rings. The molecule has 6 nitrogen and oxygen atoms in total. The van der Waals surface area contributed by atoms with E-state index in [0.717, 1.165) is 24.2 Å². The predicted octanol–water partition coefficient (Wildman–Crippen LogP) is 3.44. The Morgan fingerprint density at radius 3 is 2.54 bits per heavy atom. The fourth-order valence-electron chi connectivity index (χ4n) is 2.63. The molecule has 7 heteroatoms. The summed E-state index contributed by atoms with van der Waals surface area (Å²) in [5, 5.41) is 5.98. The van der Waals surface area contributed by atoms with Crippen LogP contribution in [0.15, 0.2) is 47.4 Å². The molecule has 1 aliphatic heterocycles. The quantitative estimate of drug-likeness (QED) is 0.766. The van der Waals surface area contributed by atoms with Crippen LogP contribution in [0.4, 0.5) is 17.1 Å². The topological polar surface area (TPSA) is 87.3 Å². The lowest BCUT2D eigenvalue weighted by Crippen LogP contribution is -2.27. The Morgan fingerprint density at radius 2 is 1.81 bits per heavy atom. The number of rotatable bonds is 4. The second-order valence-electron chi connectivity index (χ2n) is 7.39. The maximum absolute atomic E-state index is 12.7. The number of carbonyl (C=O) groups excluding carboxylic acids is 1. The minimum atomic E-state index is -3.71. The van der Waals surface area contributed by atoms with Crippen LogP contribution < -0.4 is 15.4 Å². The fourth-order valence-corrected chi connectivity index (χ4v) is 3.71. The van der Waals surface area contributed by atoms with Gasteiger partial charge in [0.25, 0.3) is 10.0 Å². The predicted molar refractivity (Wildman–Crippen MR) is 104 cm³/mol. The second kappa shape index (κ2) is 6.64. The van der Waals surface area contributed by atoms with Gasteiger partial charge in [-0.3, -0.25) is 9.52 Å². The lowest BCUT2D eigenvalue weighted by atomic mass is 9.95. The highest BCUT2D eigenvalue weighted by atomic mass is 32.2. The van der Waals surface area contributed by atoms with Gasteiger partial charge in [-0.2, -0.15) is 0 Å². The Hall–Kier alpha value is -2.54. The molecule has 138 valence electrons. The van der Waals surface area contributed by atoms with E-state index in [9.17, 15) is 13.2 Å². The first-order valence-electron chi connectivity index (χ1n) is 8.46. The molecule has 0 saturated carbocycles. The molecular formula is C19H23N3O3S. The van der Waals surface area contributed by atoms with Gasteiger partial charge in [0.1, 0.15) is 0 Å². The average molecular weight is 373 g/mol. The molecule has 3 rings (SSSR count). The molecule has 0 spiro atoms. The van der Waals surface area contributed by atoms with Gasteiger partial charge in [0.05, 0.1) is 10.6 Å². The van der Waals surface area contributed by atoms with E-state index in [1.165, 1.54) is 0 Å². The Bertz CT molecular complexity index is 947. The van der Waals surface area contributed by atoms with Crippen molar-refractivity contribution in [2.24, 2.45) is 5.41 Å². The third-order valence-corrected chi connectivity index (χ3v) is 5.53. The highest BCUT2D eigenvalue weighted by Gasteiger charge is 2.22. The van der Waals surface area contributed by atoms with E-state index in [4.69, 9.17) is 0 Å². The normalized spacial score (nSPS) is 13.7. The van der Waals surface area contributed by atoms with E-state index in [1.54, 1.807) is 36.4 Å². The first-order valence-corrected chi connectivity index (χ1v) is 9.95. The van der Waals surface area contributed by atoms with Gasteiger partial charge in [-0.15, -0.1) is 0 Å². The number of benzene rings is 2. The Morgan fingerprint density at radius 1 is 1.08 bits per heavy atom. The van der Waals surface area contributed by atoms with Gasteiger partial charge in [0.15, 0.2) is 0 Å². The van der Waals surface area contributed by atoms with Crippen LogP contribution in [0.25, 0.3) is 0 Å². The minimum Gasteiger partial charge on any atom is -0.384 e. The molecule has 26 heavy (non-hydrogen) atoms. The van der Waals surface area contributed by atoms with E-state index in [1.807, 2.05) is 26.8 Å². The zero-order valence-electron chi connectivity index (χ0n) is 15.1. The molecule has 0 aliphatic carbocycles. The third-order valence-electron chi connectivity index (χ3n) is 4.16. The van der Waals surface area contributed by atoms with Gasteiger partial charge in [0.2, 0.25) is 5.91 Å². The number of hydrogen-bond donors (Lipinski definition) is 3. The van der Waals surface area contributed by atoms with Gasteiger partial charge < -0.3 is 10.6 Å². The van der Waals surface area contributed by atoms with E-state index in [0.29, 0.717) is 11.4 Å². The second-order valence-corrected chi connectivity index (χ2v) is 9.07.